The van der Waals surface area contributed by atoms with Crippen molar-refractivity contribution in [3.8, 4) is 5.75 Å². The summed E-state index contributed by atoms with van der Waals surface area (Å²) in [5.41, 5.74) is 1.70. The molecule has 7 heteroatoms. The predicted molar refractivity (Wildman–Crippen MR) is 158 cm³/mol. The second-order valence-corrected chi connectivity index (χ2v) is 11.3. The summed E-state index contributed by atoms with van der Waals surface area (Å²) < 4.78 is 7.51. The number of carbonyl (C=O) groups excluding carboxylic acids is 2. The van der Waals surface area contributed by atoms with E-state index >= 15 is 0 Å². The fourth-order valence-electron chi connectivity index (χ4n) is 6.35. The number of nitrogens with zero attached hydrogens (tertiary/aromatic N) is 2. The number of benzene rings is 3. The van der Waals surface area contributed by atoms with Crippen LogP contribution >= 0.6 is 11.6 Å². The Morgan fingerprint density at radius 1 is 0.975 bits per heavy atom. The summed E-state index contributed by atoms with van der Waals surface area (Å²) in [6, 6.07) is 25.0. The van der Waals surface area contributed by atoms with Crippen LogP contribution in [0.5, 0.6) is 5.75 Å². The fourth-order valence-corrected chi connectivity index (χ4v) is 6.55. The minimum Gasteiger partial charge on any atom is -0.497 e. The molecule has 0 spiro atoms. The molecule has 2 amide bonds. The van der Waals surface area contributed by atoms with Crippen molar-refractivity contribution >= 4 is 34.3 Å². The Morgan fingerprint density at radius 2 is 1.70 bits per heavy atom. The number of nitrogens with one attached hydrogen (secondary N) is 1. The zero-order valence-corrected chi connectivity index (χ0v) is 23.5. The first-order valence-electron chi connectivity index (χ1n) is 14.1. The fraction of sp³-hybridized carbons (Fsp3) is 0.333. The van der Waals surface area contributed by atoms with Crippen molar-refractivity contribution in [2.24, 2.45) is 0 Å². The van der Waals surface area contributed by atoms with Gasteiger partial charge in [0.2, 0.25) is 0 Å². The van der Waals surface area contributed by atoms with Crippen LogP contribution in [0.2, 0.25) is 5.02 Å². The molecule has 1 fully saturated rings. The molecule has 206 valence electrons. The second-order valence-electron chi connectivity index (χ2n) is 10.9. The Bertz CT molecular complexity index is 1540. The van der Waals surface area contributed by atoms with Gasteiger partial charge in [-0.25, -0.2) is 0 Å². The number of methoxy groups -OCH3 is 1. The van der Waals surface area contributed by atoms with Gasteiger partial charge in [-0.1, -0.05) is 85.8 Å². The van der Waals surface area contributed by atoms with Crippen molar-refractivity contribution < 1.29 is 14.3 Å². The Morgan fingerprint density at radius 3 is 2.42 bits per heavy atom. The zero-order chi connectivity index (χ0) is 27.7. The second kappa shape index (κ2) is 11.0. The first-order chi connectivity index (χ1) is 19.5. The van der Waals surface area contributed by atoms with Crippen LogP contribution in [-0.2, 0) is 23.4 Å². The number of fused-ring (bicyclic) bond motifs is 3. The number of amides is 2. The average Bonchev–Trinajstić information content (AvgIpc) is 3.14. The lowest BCUT2D eigenvalue weighted by Crippen LogP contribution is -2.64. The normalized spacial score (nSPS) is 19.8. The molecule has 3 aromatic carbocycles. The summed E-state index contributed by atoms with van der Waals surface area (Å²) in [7, 11) is 1.63. The quantitative estimate of drug-likeness (QED) is 0.269. The van der Waals surface area contributed by atoms with Gasteiger partial charge in [-0.15, -0.1) is 0 Å². The van der Waals surface area contributed by atoms with Crippen molar-refractivity contribution in [1.29, 1.82) is 0 Å². The molecule has 0 bridgehead atoms. The molecule has 1 unspecified atom stereocenters. The van der Waals surface area contributed by atoms with Crippen LogP contribution in [0, 0.1) is 0 Å². The van der Waals surface area contributed by atoms with Gasteiger partial charge in [0.25, 0.3) is 11.8 Å². The van der Waals surface area contributed by atoms with Gasteiger partial charge in [0.05, 0.1) is 19.2 Å². The average molecular weight is 556 g/mol. The number of ether oxygens (including phenoxy) is 1. The number of rotatable bonds is 6. The predicted octanol–water partition coefficient (Wildman–Crippen LogP) is 6.69. The highest BCUT2D eigenvalue weighted by Crippen LogP contribution is 2.41. The van der Waals surface area contributed by atoms with E-state index in [1.165, 1.54) is 12.8 Å². The van der Waals surface area contributed by atoms with Gasteiger partial charge >= 0.3 is 0 Å². The summed E-state index contributed by atoms with van der Waals surface area (Å²) in [6.07, 6.45) is 6.46. The molecule has 2 heterocycles. The molecule has 1 aliphatic heterocycles. The molecule has 1 saturated carbocycles. The minimum atomic E-state index is -1.29. The maximum Gasteiger partial charge on any atom is 0.272 e. The first kappa shape index (κ1) is 26.5. The van der Waals surface area contributed by atoms with E-state index in [1.54, 1.807) is 12.0 Å². The molecule has 0 radical (unpaired) electrons. The monoisotopic (exact) mass is 555 g/mol. The molecule has 6 nitrogen and oxygen atoms in total. The molecule has 1 aromatic heterocycles. The lowest BCUT2D eigenvalue weighted by molar-refractivity contribution is -0.136. The Balaban J connectivity index is 1.55. The third-order valence-corrected chi connectivity index (χ3v) is 8.90. The molecule has 1 aliphatic carbocycles. The van der Waals surface area contributed by atoms with Gasteiger partial charge in [0.1, 0.15) is 11.4 Å². The molecule has 1 N–H and O–H groups in total. The highest BCUT2D eigenvalue weighted by molar-refractivity contribution is 6.31. The third kappa shape index (κ3) is 4.64. The third-order valence-electron chi connectivity index (χ3n) is 8.53. The van der Waals surface area contributed by atoms with Crippen LogP contribution in [0.4, 0.5) is 0 Å². The minimum absolute atomic E-state index is 0.0794. The maximum absolute atomic E-state index is 14.7. The van der Waals surface area contributed by atoms with Crippen LogP contribution < -0.4 is 10.1 Å². The van der Waals surface area contributed by atoms with Gasteiger partial charge in [-0.05, 0) is 48.2 Å². The van der Waals surface area contributed by atoms with E-state index in [2.05, 4.69) is 5.32 Å². The van der Waals surface area contributed by atoms with E-state index in [0.29, 0.717) is 16.5 Å². The lowest BCUT2D eigenvalue weighted by Gasteiger charge is -2.47. The summed E-state index contributed by atoms with van der Waals surface area (Å²) in [6.45, 7) is 0.480. The Kier molecular flexibility index (Phi) is 7.28. The van der Waals surface area contributed by atoms with E-state index in [-0.39, 0.29) is 30.9 Å². The van der Waals surface area contributed by atoms with Crippen molar-refractivity contribution in [2.75, 3.05) is 7.11 Å². The highest BCUT2D eigenvalue weighted by atomic mass is 35.5. The van der Waals surface area contributed by atoms with Crippen molar-refractivity contribution in [2.45, 2.75) is 63.2 Å². The Labute approximate surface area is 239 Å². The van der Waals surface area contributed by atoms with Crippen LogP contribution in [0.3, 0.4) is 0 Å². The van der Waals surface area contributed by atoms with Crippen LogP contribution in [-0.4, -0.2) is 34.4 Å². The van der Waals surface area contributed by atoms with Gasteiger partial charge < -0.3 is 19.5 Å². The smallest absolute Gasteiger partial charge is 0.272 e. The number of hydrogen-bond acceptors (Lipinski definition) is 3. The molecule has 4 aromatic rings. The van der Waals surface area contributed by atoms with Crippen molar-refractivity contribution in [3.63, 3.8) is 0 Å². The topological polar surface area (TPSA) is 63.6 Å². The van der Waals surface area contributed by atoms with Gasteiger partial charge in [0, 0.05) is 29.1 Å². The van der Waals surface area contributed by atoms with Crippen LogP contribution in [0.15, 0.2) is 78.9 Å². The SMILES string of the molecule is COc1ccc2cc3n(c2c1)CC(C(=O)NC1CCCCCC1)(c1ccccc1)N(Cc1ccccc1Cl)C3=O. The van der Waals surface area contributed by atoms with Gasteiger partial charge in [0.15, 0.2) is 5.54 Å². The summed E-state index contributed by atoms with van der Waals surface area (Å²) in [4.78, 5) is 31.0. The van der Waals surface area contributed by atoms with E-state index in [9.17, 15) is 9.59 Å². The molecule has 2 aliphatic rings. The van der Waals surface area contributed by atoms with E-state index in [0.717, 1.165) is 47.7 Å². The van der Waals surface area contributed by atoms with E-state index in [4.69, 9.17) is 16.3 Å². The molecule has 0 saturated heterocycles. The molecular weight excluding hydrogens is 522 g/mol. The van der Waals surface area contributed by atoms with E-state index in [1.807, 2.05) is 83.4 Å². The van der Waals surface area contributed by atoms with Crippen LogP contribution in [0.25, 0.3) is 10.9 Å². The van der Waals surface area contributed by atoms with Gasteiger partial charge in [-0.3, -0.25) is 9.59 Å². The molecular formula is C33H34ClN3O3. The molecule has 1 atom stereocenters. The number of hydrogen-bond donors (Lipinski definition) is 1. The zero-order valence-electron chi connectivity index (χ0n) is 22.7. The van der Waals surface area contributed by atoms with Crippen molar-refractivity contribution in [1.82, 2.24) is 14.8 Å². The van der Waals surface area contributed by atoms with Gasteiger partial charge in [-0.2, -0.15) is 0 Å². The largest absolute Gasteiger partial charge is 0.497 e. The van der Waals surface area contributed by atoms with Crippen molar-refractivity contribution in [3.05, 3.63) is 101 Å². The summed E-state index contributed by atoms with van der Waals surface area (Å²) in [5, 5.41) is 4.90. The number of aromatic nitrogens is 1. The molecule has 40 heavy (non-hydrogen) atoms. The number of halogens is 1. The first-order valence-corrected chi connectivity index (χ1v) is 14.5. The summed E-state index contributed by atoms with van der Waals surface area (Å²) in [5.74, 6) is 0.343. The maximum atomic E-state index is 14.7. The number of carbonyl (C=O) groups is 2. The Hall–Kier alpha value is -3.77. The summed E-state index contributed by atoms with van der Waals surface area (Å²) >= 11 is 6.62. The molecule has 6 rings (SSSR count). The van der Waals surface area contributed by atoms with E-state index < -0.39 is 5.54 Å². The van der Waals surface area contributed by atoms with Crippen LogP contribution in [0.1, 0.15) is 60.1 Å². The highest BCUT2D eigenvalue weighted by Gasteiger charge is 2.53. The standard InChI is InChI=1S/C33H34ClN3O3/c1-40-27-18-17-23-19-30-31(38)37(21-24-11-9-10-16-28(24)34)33(22-36(30)29(23)20-27,25-12-5-4-6-13-25)32(39)35-26-14-7-2-3-8-15-26/h4-6,9-13,16-20,26H,2-3,7-8,14-15,21-22H2,1H3,(H,35,39). The lowest BCUT2D eigenvalue weighted by atomic mass is 9.83.